The summed E-state index contributed by atoms with van der Waals surface area (Å²) in [6.07, 6.45) is 8.05. The largest absolute Gasteiger partial charge is 0.453 e. The molecule has 0 spiro atoms. The number of rotatable bonds is 0. The molecule has 2 aromatic carbocycles. The number of aromatic amines is 2. The fourth-order valence-corrected chi connectivity index (χ4v) is 4.53. The predicted octanol–water partition coefficient (Wildman–Crippen LogP) is 8.19. The number of anilines is 2. The molecule has 3 aliphatic rings. The zero-order chi connectivity index (χ0) is 25.3. The van der Waals surface area contributed by atoms with Crippen LogP contribution in [-0.4, -0.2) is 19.9 Å². The molecule has 0 fully saturated rings. The number of nitrogens with zero attached hydrogens (tertiary/aromatic N) is 2. The van der Waals surface area contributed by atoms with Gasteiger partial charge in [-0.05, 0) is 97.1 Å². The van der Waals surface area contributed by atoms with Gasteiger partial charge in [0.1, 0.15) is 0 Å². The molecule has 6 heteroatoms. The van der Waals surface area contributed by atoms with E-state index in [1.165, 1.54) is 0 Å². The van der Waals surface area contributed by atoms with Gasteiger partial charge >= 0.3 is 0 Å². The lowest BCUT2D eigenvalue weighted by Crippen LogP contribution is -2.01. The Labute approximate surface area is 219 Å². The van der Waals surface area contributed by atoms with Crippen LogP contribution in [0, 0.1) is 0 Å². The highest BCUT2D eigenvalue weighted by atomic mass is 16.5. The van der Waals surface area contributed by atoms with Gasteiger partial charge in [0.2, 0.25) is 0 Å². The molecule has 0 saturated carbocycles. The van der Waals surface area contributed by atoms with Crippen LogP contribution >= 0.6 is 0 Å². The highest BCUT2D eigenvalue weighted by Gasteiger charge is 2.14. The molecule has 0 atom stereocenters. The van der Waals surface area contributed by atoms with Gasteiger partial charge in [-0.1, -0.05) is 24.3 Å². The summed E-state index contributed by atoms with van der Waals surface area (Å²) < 4.78 is 5.71. The molecule has 8 rings (SSSR count). The zero-order valence-electron chi connectivity index (χ0n) is 20.3. The van der Waals surface area contributed by atoms with Crippen LogP contribution in [0.4, 0.5) is 11.4 Å². The van der Waals surface area contributed by atoms with Crippen molar-refractivity contribution in [2.75, 3.05) is 5.32 Å². The number of para-hydroxylation sites is 4. The lowest BCUT2D eigenvalue weighted by atomic mass is 10.2. The van der Waals surface area contributed by atoms with E-state index in [0.29, 0.717) is 0 Å². The minimum absolute atomic E-state index is 0.881. The number of H-pyrrole nitrogens is 2. The second kappa shape index (κ2) is 9.26. The van der Waals surface area contributed by atoms with Crippen molar-refractivity contribution < 1.29 is 4.74 Å². The highest BCUT2D eigenvalue weighted by molar-refractivity contribution is 5.78. The second-order valence-electron chi connectivity index (χ2n) is 9.12. The molecule has 0 amide bonds. The number of ether oxygens (including phenoxy) is 1. The van der Waals surface area contributed by atoms with Crippen LogP contribution < -0.4 is 10.1 Å². The molecular weight excluding hydrogens is 470 g/mol. The monoisotopic (exact) mass is 493 g/mol. The first kappa shape index (κ1) is 21.9. The molecule has 0 saturated heterocycles. The van der Waals surface area contributed by atoms with Crippen molar-refractivity contribution in [3.63, 3.8) is 0 Å². The molecule has 3 aliphatic heterocycles. The van der Waals surface area contributed by atoms with Gasteiger partial charge in [0.25, 0.3) is 0 Å². The molecule has 6 heterocycles. The third-order valence-electron chi connectivity index (χ3n) is 6.31. The Bertz CT molecular complexity index is 1720. The topological polar surface area (TPSA) is 78.6 Å². The fourth-order valence-electron chi connectivity index (χ4n) is 4.53. The molecule has 0 radical (unpaired) electrons. The maximum absolute atomic E-state index is 5.71. The summed E-state index contributed by atoms with van der Waals surface area (Å²) >= 11 is 0. The SMILES string of the molecule is C1=Cc2cc3ccc(cc4ccc(cc5nc(cc1n2)C=C5)[nH]4)[nH]3.c1ccc2c(c1)Nc1ccccc1O2. The molecule has 5 aromatic rings. The summed E-state index contributed by atoms with van der Waals surface area (Å²) in [7, 11) is 0. The van der Waals surface area contributed by atoms with Crippen LogP contribution in [0.15, 0.2) is 97.1 Å². The number of aromatic nitrogens is 4. The van der Waals surface area contributed by atoms with E-state index < -0.39 is 0 Å². The molecule has 0 unspecified atom stereocenters. The van der Waals surface area contributed by atoms with E-state index in [2.05, 4.69) is 55.6 Å². The molecule has 3 N–H and O–H groups in total. The van der Waals surface area contributed by atoms with E-state index in [-0.39, 0.29) is 0 Å². The van der Waals surface area contributed by atoms with Gasteiger partial charge in [0, 0.05) is 22.1 Å². The Morgan fingerprint density at radius 2 is 0.868 bits per heavy atom. The van der Waals surface area contributed by atoms with Gasteiger partial charge in [0.15, 0.2) is 11.5 Å². The van der Waals surface area contributed by atoms with Gasteiger partial charge in [-0.2, -0.15) is 0 Å². The van der Waals surface area contributed by atoms with Crippen molar-refractivity contribution >= 4 is 57.7 Å². The third-order valence-corrected chi connectivity index (χ3v) is 6.31. The van der Waals surface area contributed by atoms with E-state index in [0.717, 1.165) is 67.7 Å². The Morgan fingerprint density at radius 1 is 0.447 bits per heavy atom. The van der Waals surface area contributed by atoms with Crippen molar-refractivity contribution in [3.05, 3.63) is 120 Å². The quantitative estimate of drug-likeness (QED) is 0.199. The van der Waals surface area contributed by atoms with Crippen molar-refractivity contribution in [2.24, 2.45) is 0 Å². The highest BCUT2D eigenvalue weighted by Crippen LogP contribution is 2.41. The Hall–Kier alpha value is -5.36. The summed E-state index contributed by atoms with van der Waals surface area (Å²) in [6.45, 7) is 0. The van der Waals surface area contributed by atoms with Crippen molar-refractivity contribution in [2.45, 2.75) is 0 Å². The van der Waals surface area contributed by atoms with Gasteiger partial charge in [0.05, 0.1) is 34.2 Å². The third kappa shape index (κ3) is 4.58. The van der Waals surface area contributed by atoms with Crippen LogP contribution in [0.2, 0.25) is 0 Å². The first-order valence-corrected chi connectivity index (χ1v) is 12.4. The molecule has 3 aromatic heterocycles. The molecule has 6 nitrogen and oxygen atoms in total. The summed E-state index contributed by atoms with van der Waals surface area (Å²) in [5.41, 5.74) is 9.90. The minimum atomic E-state index is 0.881. The average Bonchev–Trinajstić information content (AvgIpc) is 3.74. The maximum atomic E-state index is 5.71. The number of benzene rings is 2. The van der Waals surface area contributed by atoms with E-state index >= 15 is 0 Å². The first-order chi connectivity index (χ1) is 18.7. The lowest BCUT2D eigenvalue weighted by molar-refractivity contribution is 0.481. The van der Waals surface area contributed by atoms with Crippen LogP contribution in [0.3, 0.4) is 0 Å². The summed E-state index contributed by atoms with van der Waals surface area (Å²) in [4.78, 5) is 16.0. The number of hydrogen-bond donors (Lipinski definition) is 3. The van der Waals surface area contributed by atoms with Crippen LogP contribution in [0.1, 0.15) is 22.8 Å². The zero-order valence-corrected chi connectivity index (χ0v) is 20.3. The molecule has 8 bridgehead atoms. The number of hydrogen-bond acceptors (Lipinski definition) is 4. The number of fused-ring (bicyclic) bond motifs is 10. The van der Waals surface area contributed by atoms with Crippen LogP contribution in [-0.2, 0) is 0 Å². The molecule has 182 valence electrons. The summed E-state index contributed by atoms with van der Waals surface area (Å²) in [5.74, 6) is 1.76. The average molecular weight is 494 g/mol. The predicted molar refractivity (Wildman–Crippen MR) is 155 cm³/mol. The van der Waals surface area contributed by atoms with E-state index in [1.807, 2.05) is 91.0 Å². The van der Waals surface area contributed by atoms with Gasteiger partial charge in [-0.25, -0.2) is 9.97 Å². The van der Waals surface area contributed by atoms with Gasteiger partial charge < -0.3 is 20.0 Å². The summed E-state index contributed by atoms with van der Waals surface area (Å²) in [6, 6.07) is 32.2. The molecule has 38 heavy (non-hydrogen) atoms. The Balaban J connectivity index is 0.000000147. The lowest BCUT2D eigenvalue weighted by Gasteiger charge is -2.20. The first-order valence-electron chi connectivity index (χ1n) is 12.4. The van der Waals surface area contributed by atoms with E-state index in [1.54, 1.807) is 0 Å². The van der Waals surface area contributed by atoms with Crippen molar-refractivity contribution in [1.29, 1.82) is 0 Å². The molecular formula is C32H23N5O. The van der Waals surface area contributed by atoms with Crippen molar-refractivity contribution in [1.82, 2.24) is 19.9 Å². The number of nitrogens with one attached hydrogen (secondary N) is 3. The van der Waals surface area contributed by atoms with Crippen LogP contribution in [0.25, 0.3) is 46.4 Å². The van der Waals surface area contributed by atoms with E-state index in [9.17, 15) is 0 Å². The second-order valence-corrected chi connectivity index (χ2v) is 9.12. The van der Waals surface area contributed by atoms with Crippen molar-refractivity contribution in [3.8, 4) is 11.5 Å². The van der Waals surface area contributed by atoms with Gasteiger partial charge in [-0.3, -0.25) is 0 Å². The Kier molecular flexibility index (Phi) is 5.33. The molecule has 0 aliphatic carbocycles. The smallest absolute Gasteiger partial charge is 0.150 e. The standard InChI is InChI=1S/C20H14N4.C12H9NO/c1-2-14-10-16-5-6-18(23-16)12-20-8-7-19(24-20)11-17-4-3-15(22-17)9-13(1)21-14;1-3-7-11-9(5-1)13-10-6-2-4-8-12(10)14-11/h1-12,21-22H;1-8,13H. The fraction of sp³-hybridized carbons (Fsp3) is 0. The maximum Gasteiger partial charge on any atom is 0.150 e. The normalized spacial score (nSPS) is 12.4. The Morgan fingerprint density at radius 3 is 1.37 bits per heavy atom. The van der Waals surface area contributed by atoms with Gasteiger partial charge in [-0.15, -0.1) is 0 Å². The summed E-state index contributed by atoms with van der Waals surface area (Å²) in [5, 5.41) is 3.32. The van der Waals surface area contributed by atoms with Crippen LogP contribution in [0.5, 0.6) is 11.5 Å². The minimum Gasteiger partial charge on any atom is -0.453 e. The van der Waals surface area contributed by atoms with E-state index in [4.69, 9.17) is 4.74 Å².